The number of benzene rings is 3. The molecular formula is C54H65ClF3N9O6. The van der Waals surface area contributed by atoms with Gasteiger partial charge in [-0.1, -0.05) is 11.6 Å². The molecule has 3 saturated heterocycles. The van der Waals surface area contributed by atoms with Gasteiger partial charge in [0.1, 0.15) is 17.4 Å². The number of piperazine rings is 1. The highest BCUT2D eigenvalue weighted by molar-refractivity contribution is 6.34. The fourth-order valence-electron chi connectivity index (χ4n) is 11.9. The zero-order valence-corrected chi connectivity index (χ0v) is 42.8. The summed E-state index contributed by atoms with van der Waals surface area (Å²) in [5.41, 5.74) is 2.27. The lowest BCUT2D eigenvalue weighted by molar-refractivity contribution is -0.139. The Labute approximate surface area is 428 Å². The average molecular weight is 1030 g/mol. The third-order valence-electron chi connectivity index (χ3n) is 16.1. The SMILES string of the molecule is COc1cc2nc(C)nc(N[C@H](C)c3cc(NC(C)=O)cc(C(F)(F)F)c3)c2cc1C1CCC(C(=O)N2CCN(CC3CCC4(CC3)CCN(C(=O)c3ccc(Cl)c(N5CCC(=O)NC5=O)c3)CC4)CC2)CC1. The largest absolute Gasteiger partial charge is 0.496 e. The first-order valence-electron chi connectivity index (χ1n) is 25.7. The van der Waals surface area contributed by atoms with Crippen molar-refractivity contribution in [2.24, 2.45) is 17.3 Å². The van der Waals surface area contributed by atoms with Crippen LogP contribution in [0.4, 0.5) is 35.2 Å². The Morgan fingerprint density at radius 3 is 2.25 bits per heavy atom. The van der Waals surface area contributed by atoms with Crippen molar-refractivity contribution in [2.45, 2.75) is 110 Å². The van der Waals surface area contributed by atoms with Gasteiger partial charge >= 0.3 is 12.2 Å². The Kier molecular flexibility index (Phi) is 15.2. The molecule has 19 heteroatoms. The van der Waals surface area contributed by atoms with Crippen molar-refractivity contribution in [3.8, 4) is 5.75 Å². The Hall–Kier alpha value is -6.01. The van der Waals surface area contributed by atoms with Crippen LogP contribution in [0.25, 0.3) is 10.9 Å². The Bertz CT molecular complexity index is 2760. The normalized spacial score (nSPS) is 21.5. The molecule has 2 aliphatic carbocycles. The molecule has 4 aromatic rings. The van der Waals surface area contributed by atoms with Crippen molar-refractivity contribution in [2.75, 3.05) is 75.0 Å². The monoisotopic (exact) mass is 1030 g/mol. The van der Waals surface area contributed by atoms with Gasteiger partial charge in [-0.05, 0) is 149 Å². The second-order valence-corrected chi connectivity index (χ2v) is 21.4. The lowest BCUT2D eigenvalue weighted by Gasteiger charge is -2.47. The Morgan fingerprint density at radius 1 is 0.877 bits per heavy atom. The van der Waals surface area contributed by atoms with Crippen molar-refractivity contribution < 1.29 is 41.9 Å². The average Bonchev–Trinajstić information content (AvgIpc) is 3.36. The number of hydrogen-bond donors (Lipinski definition) is 3. The molecule has 5 aliphatic rings. The Balaban J connectivity index is 0.744. The number of halogens is 4. The van der Waals surface area contributed by atoms with E-state index in [1.165, 1.54) is 17.9 Å². The highest BCUT2D eigenvalue weighted by atomic mass is 35.5. The second-order valence-electron chi connectivity index (χ2n) is 21.0. The van der Waals surface area contributed by atoms with Crippen molar-refractivity contribution in [1.82, 2.24) is 30.0 Å². The second kappa shape index (κ2) is 21.5. The highest BCUT2D eigenvalue weighted by Crippen LogP contribution is 2.47. The Morgan fingerprint density at radius 2 is 1.59 bits per heavy atom. The molecule has 0 radical (unpaired) electrons. The zero-order chi connectivity index (χ0) is 51.8. The van der Waals surface area contributed by atoms with E-state index in [0.29, 0.717) is 69.1 Å². The molecule has 0 bridgehead atoms. The van der Waals surface area contributed by atoms with Gasteiger partial charge in [0.2, 0.25) is 17.7 Å². The summed E-state index contributed by atoms with van der Waals surface area (Å²) in [6.07, 6.45) is 5.20. The lowest BCUT2D eigenvalue weighted by atomic mass is 9.65. The summed E-state index contributed by atoms with van der Waals surface area (Å²) in [5.74, 6) is 1.67. The maximum atomic E-state index is 14.0. The number of carbonyl (C=O) groups is 5. The number of likely N-dealkylation sites (tertiary alicyclic amines) is 1. The third-order valence-corrected chi connectivity index (χ3v) is 16.5. The number of ether oxygens (including phenoxy) is 1. The van der Waals surface area contributed by atoms with Crippen LogP contribution in [0.2, 0.25) is 5.02 Å². The van der Waals surface area contributed by atoms with Gasteiger partial charge < -0.3 is 25.2 Å². The maximum absolute atomic E-state index is 14.0. The van der Waals surface area contributed by atoms with E-state index in [0.717, 1.165) is 115 Å². The fourth-order valence-corrected chi connectivity index (χ4v) is 12.2. The summed E-state index contributed by atoms with van der Waals surface area (Å²) in [5, 5.41) is 9.19. The molecular weight excluding hydrogens is 963 g/mol. The van der Waals surface area contributed by atoms with Crippen LogP contribution in [0.3, 0.4) is 0 Å². The van der Waals surface area contributed by atoms with E-state index in [1.54, 1.807) is 39.2 Å². The number of nitrogens with one attached hydrogen (secondary N) is 3. The molecule has 15 nitrogen and oxygen atoms in total. The highest BCUT2D eigenvalue weighted by Gasteiger charge is 2.41. The maximum Gasteiger partial charge on any atom is 0.416 e. The quantitative estimate of drug-likeness (QED) is 0.132. The van der Waals surface area contributed by atoms with Crippen molar-refractivity contribution in [3.63, 3.8) is 0 Å². The number of hydrogen-bond acceptors (Lipinski definition) is 10. The van der Waals surface area contributed by atoms with Crippen molar-refractivity contribution in [1.29, 1.82) is 0 Å². The van der Waals surface area contributed by atoms with Crippen LogP contribution in [0.1, 0.15) is 129 Å². The van der Waals surface area contributed by atoms with E-state index in [9.17, 15) is 37.1 Å². The summed E-state index contributed by atoms with van der Waals surface area (Å²) in [6, 6.07) is 11.3. The number of urea groups is 1. The molecule has 0 unspecified atom stereocenters. The van der Waals surface area contributed by atoms with Crippen molar-refractivity contribution in [3.05, 3.63) is 81.6 Å². The molecule has 1 aromatic heterocycles. The summed E-state index contributed by atoms with van der Waals surface area (Å²) in [6.45, 7) is 10.5. The predicted octanol–water partition coefficient (Wildman–Crippen LogP) is 9.73. The molecule has 73 heavy (non-hydrogen) atoms. The van der Waals surface area contributed by atoms with Crippen LogP contribution >= 0.6 is 11.6 Å². The van der Waals surface area contributed by atoms with Crippen LogP contribution in [0.15, 0.2) is 48.5 Å². The van der Waals surface area contributed by atoms with E-state index in [4.69, 9.17) is 16.3 Å². The van der Waals surface area contributed by atoms with Crippen LogP contribution < -0.4 is 25.6 Å². The van der Waals surface area contributed by atoms with Crippen LogP contribution in [-0.2, 0) is 20.6 Å². The minimum atomic E-state index is -4.61. The number of anilines is 3. The van der Waals surface area contributed by atoms with Crippen molar-refractivity contribution >= 4 is 69.4 Å². The van der Waals surface area contributed by atoms with Crippen LogP contribution in [0, 0.1) is 24.2 Å². The number of fused-ring (bicyclic) bond motifs is 1. The number of rotatable bonds is 11. The molecule has 3 aliphatic heterocycles. The first-order valence-corrected chi connectivity index (χ1v) is 26.1. The van der Waals surface area contributed by atoms with Gasteiger partial charge in [-0.3, -0.25) is 34.3 Å². The molecule has 390 valence electrons. The van der Waals surface area contributed by atoms with E-state index in [-0.39, 0.29) is 53.6 Å². The number of amides is 6. The molecule has 4 heterocycles. The van der Waals surface area contributed by atoms with Gasteiger partial charge in [-0.2, -0.15) is 13.2 Å². The zero-order valence-electron chi connectivity index (χ0n) is 42.0. The van der Waals surface area contributed by atoms with Gasteiger partial charge in [0.15, 0.2) is 0 Å². The van der Waals surface area contributed by atoms with E-state index in [1.807, 2.05) is 17.0 Å². The van der Waals surface area contributed by atoms with Gasteiger partial charge in [-0.15, -0.1) is 0 Å². The number of alkyl halides is 3. The smallest absolute Gasteiger partial charge is 0.416 e. The molecule has 2 saturated carbocycles. The van der Waals surface area contributed by atoms with E-state index < -0.39 is 29.7 Å². The lowest BCUT2D eigenvalue weighted by Crippen LogP contribution is -2.52. The summed E-state index contributed by atoms with van der Waals surface area (Å²) >= 11 is 6.44. The molecule has 3 aromatic carbocycles. The molecule has 1 atom stereocenters. The number of imide groups is 1. The molecule has 9 rings (SSSR count). The topological polar surface area (TPSA) is 169 Å². The summed E-state index contributed by atoms with van der Waals surface area (Å²) in [7, 11) is 1.63. The van der Waals surface area contributed by atoms with Gasteiger partial charge in [0, 0.05) is 94.3 Å². The minimum Gasteiger partial charge on any atom is -0.496 e. The predicted molar refractivity (Wildman–Crippen MR) is 273 cm³/mol. The van der Waals surface area contributed by atoms with Gasteiger partial charge in [0.05, 0.1) is 34.9 Å². The summed E-state index contributed by atoms with van der Waals surface area (Å²) < 4.78 is 47.7. The molecule has 5 fully saturated rings. The van der Waals surface area contributed by atoms with E-state index >= 15 is 0 Å². The number of piperidine rings is 1. The first-order chi connectivity index (χ1) is 34.8. The molecule has 3 N–H and O–H groups in total. The minimum absolute atomic E-state index is 0.0519. The van der Waals surface area contributed by atoms with E-state index in [2.05, 4.69) is 35.7 Å². The van der Waals surface area contributed by atoms with Gasteiger partial charge in [0.25, 0.3) is 5.91 Å². The number of aryl methyl sites for hydroxylation is 1. The van der Waals surface area contributed by atoms with Crippen LogP contribution in [-0.4, -0.2) is 114 Å². The van der Waals surface area contributed by atoms with Crippen LogP contribution in [0.5, 0.6) is 5.75 Å². The number of methoxy groups -OCH3 is 1. The fraction of sp³-hybridized carbons (Fsp3) is 0.537. The number of aromatic nitrogens is 2. The number of nitrogens with zero attached hydrogens (tertiary/aromatic N) is 6. The third kappa shape index (κ3) is 11.7. The molecule has 1 spiro atoms. The first kappa shape index (κ1) is 51.9. The molecule has 6 amide bonds. The summed E-state index contributed by atoms with van der Waals surface area (Å²) in [4.78, 5) is 80.9. The number of carbonyl (C=O) groups excluding carboxylic acids is 5. The standard InChI is InChI=1S/C54H65ClF3N9O6/c1-32(39-25-40(54(56,57)58)28-41(26-39)62-34(3)68)59-49-43-29-42(47(73-4)30-45(43)60-33(2)61-49)36-5-7-37(8-6-36)50(70)66-23-21-64(22-24-66)31-35-11-14-53(15-12-35)16-19-65(20-17-53)51(71)38-9-10-44(55)46(27-38)67-18-13-48(69)63-52(67)72/h9-10,25-30,32,35-37H,5-8,11-24,31H2,1-4H3,(H,62,68)(H,59,60,61)(H,63,69,72)/t32-,36?,37?/m1/s1. The van der Waals surface area contributed by atoms with Gasteiger partial charge in [-0.25, -0.2) is 14.8 Å².